The summed E-state index contributed by atoms with van der Waals surface area (Å²) >= 11 is 0. The molecule has 0 heterocycles. The zero-order valence-electron chi connectivity index (χ0n) is 78.6. The Morgan fingerprint density at radius 1 is 0.113 bits per heavy atom. The van der Waals surface area contributed by atoms with Gasteiger partial charge in [0.05, 0.1) is 17.1 Å². The van der Waals surface area contributed by atoms with Crippen molar-refractivity contribution in [2.75, 3.05) is 50.5 Å². The van der Waals surface area contributed by atoms with Crippen molar-refractivity contribution in [3.63, 3.8) is 0 Å². The van der Waals surface area contributed by atoms with Gasteiger partial charge in [-0.25, -0.2) is 0 Å². The number of rotatable bonds is 18. The van der Waals surface area contributed by atoms with Crippen LogP contribution in [0, 0.1) is 0 Å². The van der Waals surface area contributed by atoms with Crippen LogP contribution in [0.4, 0.5) is 85.3 Å². The Bertz CT molecular complexity index is 9010. The van der Waals surface area contributed by atoms with E-state index in [1.165, 1.54) is 186 Å². The van der Waals surface area contributed by atoms with Crippen LogP contribution in [-0.4, -0.2) is 21.1 Å². The van der Waals surface area contributed by atoms with E-state index < -0.39 is 0 Å². The predicted molar refractivity (Wildman–Crippen MR) is 607 cm³/mol. The molecule has 0 fully saturated rings. The molecule has 0 unspecified atom stereocenters. The Hall–Kier alpha value is -18.4. The highest BCUT2D eigenvalue weighted by Gasteiger charge is 2.24. The Morgan fingerprint density at radius 3 is 0.809 bits per heavy atom. The number of anilines is 15. The highest BCUT2D eigenvalue weighted by atomic mass is 15.2. The molecule has 26 aromatic rings. The minimum absolute atomic E-state index is 1.12. The van der Waals surface area contributed by atoms with E-state index in [9.17, 15) is 0 Å². The molecule has 0 aliphatic heterocycles. The van der Waals surface area contributed by atoms with Gasteiger partial charge in [-0.05, 0) is 289 Å². The van der Waals surface area contributed by atoms with Gasteiger partial charge in [0.2, 0.25) is 0 Å². The SMILES string of the molecule is CN(c1ccc(-c2ccc(N(c3ccccc3)c3cccc4ccccc34)cc2)cc1)c1cc2ccccc2c2ccccc12.CN(c1ccc(-c2ccc(N(c3ccccc3)c3cccc4ccccc34)cc2)cc1)c1ccc2c3cccc4cccc(c5cccc1c52)c43.CN(c1ccc(-c2ccc(N(c3ccccc3)c3cccc4ccccc34)cc2)cc1)c1ccc2cc3ccccc3cc2c1. The fraction of sp³-hybridized carbons (Fsp3) is 0.0222. The van der Waals surface area contributed by atoms with Gasteiger partial charge in [-0.1, -0.05) is 376 Å². The lowest BCUT2D eigenvalue weighted by molar-refractivity contribution is 1.21. The van der Waals surface area contributed by atoms with Crippen LogP contribution in [0.15, 0.2) is 540 Å². The van der Waals surface area contributed by atoms with Gasteiger partial charge in [-0.3, -0.25) is 0 Å². The lowest BCUT2D eigenvalue weighted by Gasteiger charge is -2.27. The fourth-order valence-electron chi connectivity index (χ4n) is 21.1. The highest BCUT2D eigenvalue weighted by Crippen LogP contribution is 2.49. The number of hydrogen-bond donors (Lipinski definition) is 0. The molecule has 0 saturated carbocycles. The molecule has 0 saturated heterocycles. The maximum absolute atomic E-state index is 2.35. The Labute approximate surface area is 821 Å². The van der Waals surface area contributed by atoms with Gasteiger partial charge in [-0.15, -0.1) is 0 Å². The van der Waals surface area contributed by atoms with Crippen LogP contribution < -0.4 is 29.4 Å². The average molecular weight is 1800 g/mol. The second-order valence-corrected chi connectivity index (χ2v) is 36.4. The molecule has 0 aliphatic carbocycles. The van der Waals surface area contributed by atoms with Gasteiger partial charge in [0.15, 0.2) is 0 Å². The van der Waals surface area contributed by atoms with Crippen LogP contribution in [0.3, 0.4) is 0 Å². The van der Waals surface area contributed by atoms with Crippen molar-refractivity contribution in [3.05, 3.63) is 540 Å². The molecule has 26 aromatic carbocycles. The summed E-state index contributed by atoms with van der Waals surface area (Å²) in [6, 6.07) is 195. The third-order valence-electron chi connectivity index (χ3n) is 28.3. The van der Waals surface area contributed by atoms with E-state index in [1.807, 2.05) is 0 Å². The zero-order valence-corrected chi connectivity index (χ0v) is 78.6. The number of benzene rings is 26. The van der Waals surface area contributed by atoms with Crippen molar-refractivity contribution in [1.82, 2.24) is 0 Å². The first-order chi connectivity index (χ1) is 69.7. The Balaban J connectivity index is 0.000000115. The molecule has 0 atom stereocenters. The summed E-state index contributed by atoms with van der Waals surface area (Å²) in [4.78, 5) is 13.9. The largest absolute Gasteiger partial charge is 0.345 e. The summed E-state index contributed by atoms with van der Waals surface area (Å²) < 4.78 is 0. The van der Waals surface area contributed by atoms with Crippen LogP contribution >= 0.6 is 0 Å². The molecule has 6 nitrogen and oxygen atoms in total. The lowest BCUT2D eigenvalue weighted by Crippen LogP contribution is -2.10. The van der Waals surface area contributed by atoms with Crippen molar-refractivity contribution in [2.24, 2.45) is 0 Å². The molecule has 0 aromatic heterocycles. The maximum atomic E-state index is 2.35. The molecule has 0 radical (unpaired) electrons. The summed E-state index contributed by atoms with van der Waals surface area (Å²) in [5, 5.41) is 28.0. The number of fused-ring (bicyclic) bond motifs is 10. The van der Waals surface area contributed by atoms with Gasteiger partial charge in [-0.2, -0.15) is 0 Å². The van der Waals surface area contributed by atoms with Crippen molar-refractivity contribution in [3.8, 4) is 33.4 Å². The van der Waals surface area contributed by atoms with Gasteiger partial charge in [0.25, 0.3) is 0 Å². The molecular weight excluding hydrogens is 1710 g/mol. The molecule has 0 aliphatic rings. The molecule has 0 spiro atoms. The summed E-state index contributed by atoms with van der Waals surface area (Å²) in [7, 11) is 6.47. The van der Waals surface area contributed by atoms with E-state index in [2.05, 4.69) is 590 Å². The second kappa shape index (κ2) is 37.4. The monoisotopic (exact) mass is 1800 g/mol. The van der Waals surface area contributed by atoms with Crippen molar-refractivity contribution >= 4 is 204 Å². The molecule has 668 valence electrons. The van der Waals surface area contributed by atoms with Crippen molar-refractivity contribution in [2.45, 2.75) is 0 Å². The summed E-state index contributed by atoms with van der Waals surface area (Å²) in [6.45, 7) is 0. The normalized spacial score (nSPS) is 11.4. The quantitative estimate of drug-likeness (QED) is 0.0625. The fourth-order valence-corrected chi connectivity index (χ4v) is 21.1. The third-order valence-corrected chi connectivity index (χ3v) is 28.3. The van der Waals surface area contributed by atoms with Crippen LogP contribution in [-0.2, 0) is 0 Å². The van der Waals surface area contributed by atoms with E-state index in [4.69, 9.17) is 0 Å². The first-order valence-electron chi connectivity index (χ1n) is 48.4. The number of nitrogens with zero attached hydrogens (tertiary/aromatic N) is 6. The smallest absolute Gasteiger partial charge is 0.0540 e. The minimum Gasteiger partial charge on any atom is -0.345 e. The van der Waals surface area contributed by atoms with E-state index in [1.54, 1.807) is 0 Å². The topological polar surface area (TPSA) is 19.4 Å². The lowest BCUT2D eigenvalue weighted by atomic mass is 9.89. The molecular formula is C135H98N6. The van der Waals surface area contributed by atoms with Gasteiger partial charge >= 0.3 is 0 Å². The first kappa shape index (κ1) is 85.6. The third kappa shape index (κ3) is 16.4. The number of hydrogen-bond acceptors (Lipinski definition) is 6. The van der Waals surface area contributed by atoms with Crippen LogP contribution in [0.1, 0.15) is 0 Å². The van der Waals surface area contributed by atoms with Crippen LogP contribution in [0.5, 0.6) is 0 Å². The van der Waals surface area contributed by atoms with E-state index in [0.717, 1.165) is 51.2 Å². The Kier molecular flexibility index (Phi) is 22.7. The molecule has 26 rings (SSSR count). The molecule has 0 amide bonds. The zero-order chi connectivity index (χ0) is 94.2. The Morgan fingerprint density at radius 2 is 0.383 bits per heavy atom. The van der Waals surface area contributed by atoms with E-state index in [0.29, 0.717) is 0 Å². The summed E-state index contributed by atoms with van der Waals surface area (Å²) in [6.07, 6.45) is 0. The summed E-state index contributed by atoms with van der Waals surface area (Å²) in [5.74, 6) is 0. The molecule has 6 heteroatoms. The van der Waals surface area contributed by atoms with Gasteiger partial charge in [0, 0.05) is 116 Å². The molecule has 0 bridgehead atoms. The highest BCUT2D eigenvalue weighted by molar-refractivity contribution is 6.34. The molecule has 141 heavy (non-hydrogen) atoms. The van der Waals surface area contributed by atoms with Gasteiger partial charge in [0.1, 0.15) is 0 Å². The predicted octanol–water partition coefficient (Wildman–Crippen LogP) is 37.9. The molecule has 0 N–H and O–H groups in total. The van der Waals surface area contributed by atoms with Crippen molar-refractivity contribution in [1.29, 1.82) is 0 Å². The van der Waals surface area contributed by atoms with Gasteiger partial charge < -0.3 is 29.4 Å². The van der Waals surface area contributed by atoms with Crippen molar-refractivity contribution < 1.29 is 0 Å². The number of para-hydroxylation sites is 3. The second-order valence-electron chi connectivity index (χ2n) is 36.4. The first-order valence-corrected chi connectivity index (χ1v) is 48.4. The van der Waals surface area contributed by atoms with Crippen LogP contribution in [0.2, 0.25) is 0 Å². The summed E-state index contributed by atoms with van der Waals surface area (Å²) in [5.41, 5.74) is 24.5. The maximum Gasteiger partial charge on any atom is 0.0540 e. The minimum atomic E-state index is 1.12. The van der Waals surface area contributed by atoms with E-state index in [-0.39, 0.29) is 0 Å². The standard InChI is InChI=1S/C49H34N2.2C43H32N2/c1-50(46-32-31-44-42-19-8-14-36-13-7-18-41(48(36)42)43-20-10-21-45(46)49(43)44)37-27-23-33(24-28-37)34-25-29-39(30-26-34)51(38-15-3-2-4-16-38)47-22-9-12-35-11-5-6-17-40(35)47;1-44(43-30-34-13-6-7-17-38(34)40-19-9-10-20-41(40)43)35-26-22-31(23-27-35)32-24-28-37(29-25-32)45(36-15-3-2-4-16-36)42-21-11-14-33-12-5-8-18-39(33)42;1-44(41-27-22-36-28-34-11-5-6-12-35(34)29-37(36)30-41)38-23-18-31(19-24-38)32-20-25-40(26-21-32)45(39-14-3-2-4-15-39)43-17-9-13-33-10-7-8-16-42(33)43/h2-32H,1H3;2*2-30H,1H3. The van der Waals surface area contributed by atoms with E-state index >= 15 is 0 Å². The van der Waals surface area contributed by atoms with Crippen LogP contribution in [0.25, 0.3) is 152 Å². The average Bonchev–Trinajstić information content (AvgIpc) is 0.714.